The Kier molecular flexibility index (Phi) is 4.71. The molecule has 1 aliphatic heterocycles. The van der Waals surface area contributed by atoms with Gasteiger partial charge in [-0.25, -0.2) is 14.8 Å². The van der Waals surface area contributed by atoms with E-state index in [0.717, 1.165) is 0 Å². The molecule has 1 atom stereocenters. The van der Waals surface area contributed by atoms with E-state index in [-0.39, 0.29) is 4.41 Å². The Morgan fingerprint density at radius 3 is 2.68 bits per heavy atom. The molecule has 1 saturated heterocycles. The van der Waals surface area contributed by atoms with Crippen LogP contribution < -0.4 is 5.84 Å². The summed E-state index contributed by atoms with van der Waals surface area (Å²) < 4.78 is 57.0. The van der Waals surface area contributed by atoms with E-state index in [1.165, 1.54) is 0 Å². The lowest BCUT2D eigenvalue weighted by molar-refractivity contribution is 0.0756. The minimum Gasteiger partial charge on any atom is -0.441 e. The Morgan fingerprint density at radius 1 is 1.58 bits per heavy atom. The van der Waals surface area contributed by atoms with Gasteiger partial charge in [0, 0.05) is 0 Å². The van der Waals surface area contributed by atoms with Gasteiger partial charge in [0.15, 0.2) is 0 Å². The highest BCUT2D eigenvalue weighted by Gasteiger charge is 2.35. The summed E-state index contributed by atoms with van der Waals surface area (Å²) in [6.45, 7) is -1.03. The van der Waals surface area contributed by atoms with Crippen molar-refractivity contribution in [3.63, 3.8) is 0 Å². The molecule has 0 radical (unpaired) electrons. The summed E-state index contributed by atoms with van der Waals surface area (Å²) in [5, 5.41) is 0. The first-order chi connectivity index (χ1) is 8.68. The molecule has 1 amide bonds. The standard InChI is InChI=1S/C7H10N2O8S2/c1-2-3-15-19(13,14)9(8)7(10)17-6-4-16-18(11,12)5-6/h1,6H,3-5,8H2. The number of hydrogen-bond donors (Lipinski definition) is 1. The maximum atomic E-state index is 11.3. The van der Waals surface area contributed by atoms with Crippen LogP contribution in [0.4, 0.5) is 4.79 Å². The van der Waals surface area contributed by atoms with Crippen LogP contribution in [0.25, 0.3) is 0 Å². The van der Waals surface area contributed by atoms with E-state index in [2.05, 4.69) is 13.1 Å². The number of rotatable bonds is 4. The quantitative estimate of drug-likeness (QED) is 0.203. The maximum Gasteiger partial charge on any atom is 0.440 e. The third-order valence-corrected chi connectivity index (χ3v) is 4.12. The van der Waals surface area contributed by atoms with E-state index in [0.29, 0.717) is 0 Å². The van der Waals surface area contributed by atoms with Gasteiger partial charge in [0.2, 0.25) is 0 Å². The number of hydrazine groups is 1. The van der Waals surface area contributed by atoms with E-state index in [9.17, 15) is 21.6 Å². The fourth-order valence-corrected chi connectivity index (χ4v) is 2.65. The number of hydrogen-bond acceptors (Lipinski definition) is 9. The average Bonchev–Trinajstić information content (AvgIpc) is 2.65. The zero-order chi connectivity index (χ0) is 14.7. The summed E-state index contributed by atoms with van der Waals surface area (Å²) in [6.07, 6.45) is 2.12. The molecule has 108 valence electrons. The Labute approximate surface area is 109 Å². The molecule has 10 nitrogen and oxygen atoms in total. The Balaban J connectivity index is 2.62. The van der Waals surface area contributed by atoms with Gasteiger partial charge in [0.05, 0.1) is 0 Å². The number of amides is 1. The number of carbonyl (C=O) groups excluding carboxylic acids is 1. The van der Waals surface area contributed by atoms with Crippen molar-refractivity contribution in [2.45, 2.75) is 6.10 Å². The monoisotopic (exact) mass is 314 g/mol. The maximum absolute atomic E-state index is 11.3. The molecule has 1 aliphatic rings. The summed E-state index contributed by atoms with van der Waals surface area (Å²) in [4.78, 5) is 11.3. The molecule has 1 heterocycles. The van der Waals surface area contributed by atoms with Crippen LogP contribution in [0, 0.1) is 12.3 Å². The minimum atomic E-state index is -4.59. The van der Waals surface area contributed by atoms with Crippen LogP contribution in [0.3, 0.4) is 0 Å². The molecule has 0 aromatic carbocycles. The van der Waals surface area contributed by atoms with Crippen LogP contribution in [0.5, 0.6) is 0 Å². The second kappa shape index (κ2) is 5.72. The molecular formula is C7H10N2O8S2. The first-order valence-electron chi connectivity index (χ1n) is 4.63. The number of carbonyl (C=O) groups is 1. The smallest absolute Gasteiger partial charge is 0.440 e. The average molecular weight is 314 g/mol. The molecule has 0 bridgehead atoms. The zero-order valence-corrected chi connectivity index (χ0v) is 11.0. The molecule has 1 unspecified atom stereocenters. The molecule has 1 rings (SSSR count). The van der Waals surface area contributed by atoms with Gasteiger partial charge < -0.3 is 4.74 Å². The number of terminal acetylenes is 1. The van der Waals surface area contributed by atoms with Crippen molar-refractivity contribution in [1.29, 1.82) is 0 Å². The van der Waals surface area contributed by atoms with E-state index < -0.39 is 51.6 Å². The zero-order valence-electron chi connectivity index (χ0n) is 9.38. The normalized spacial score (nSPS) is 21.6. The van der Waals surface area contributed by atoms with Gasteiger partial charge in [0.25, 0.3) is 10.1 Å². The molecule has 19 heavy (non-hydrogen) atoms. The SMILES string of the molecule is C#CCOS(=O)(=O)N(N)C(=O)OC1COS(=O)(=O)C1. The highest BCUT2D eigenvalue weighted by molar-refractivity contribution is 7.87. The van der Waals surface area contributed by atoms with E-state index in [1.807, 2.05) is 5.92 Å². The van der Waals surface area contributed by atoms with Crippen LogP contribution in [0.2, 0.25) is 0 Å². The number of nitrogens with zero attached hydrogens (tertiary/aromatic N) is 1. The van der Waals surface area contributed by atoms with Crippen LogP contribution >= 0.6 is 0 Å². The van der Waals surface area contributed by atoms with Gasteiger partial charge in [-0.2, -0.15) is 16.8 Å². The topological polar surface area (TPSA) is 142 Å². The molecule has 0 aromatic heterocycles. The Hall–Kier alpha value is -1.39. The number of ether oxygens (including phenoxy) is 1. The van der Waals surface area contributed by atoms with Gasteiger partial charge in [-0.1, -0.05) is 5.92 Å². The van der Waals surface area contributed by atoms with Crippen molar-refractivity contribution in [3.05, 3.63) is 0 Å². The second-order valence-electron chi connectivity index (χ2n) is 3.23. The lowest BCUT2D eigenvalue weighted by atomic mass is 10.4. The minimum absolute atomic E-state index is 0.324. The van der Waals surface area contributed by atoms with Gasteiger partial charge in [0.1, 0.15) is 25.1 Å². The third-order valence-electron chi connectivity index (χ3n) is 1.80. The number of nitrogens with two attached hydrogens (primary N) is 1. The molecule has 2 N–H and O–H groups in total. The first kappa shape index (κ1) is 15.7. The highest BCUT2D eigenvalue weighted by atomic mass is 32.2. The molecule has 0 aromatic rings. The second-order valence-corrected chi connectivity index (χ2v) is 6.40. The summed E-state index contributed by atoms with van der Waals surface area (Å²) in [5.41, 5.74) is 0. The van der Waals surface area contributed by atoms with Crippen molar-refractivity contribution in [2.75, 3.05) is 19.0 Å². The molecule has 0 spiro atoms. The van der Waals surface area contributed by atoms with Gasteiger partial charge >= 0.3 is 16.4 Å². The fourth-order valence-electron chi connectivity index (χ4n) is 1.02. The van der Waals surface area contributed by atoms with Gasteiger partial charge in [-0.15, -0.1) is 10.8 Å². The summed E-state index contributed by atoms with van der Waals surface area (Å²) in [5.74, 6) is 6.25. The lowest BCUT2D eigenvalue weighted by Crippen LogP contribution is -2.45. The van der Waals surface area contributed by atoms with Crippen molar-refractivity contribution < 1.29 is 34.7 Å². The largest absolute Gasteiger partial charge is 0.441 e. The van der Waals surface area contributed by atoms with Gasteiger partial charge in [-0.05, 0) is 0 Å². The molecule has 1 fully saturated rings. The molecule has 12 heteroatoms. The Bertz CT molecular complexity index is 589. The van der Waals surface area contributed by atoms with E-state index in [1.54, 1.807) is 0 Å². The van der Waals surface area contributed by atoms with Crippen LogP contribution in [-0.2, 0) is 33.5 Å². The van der Waals surface area contributed by atoms with E-state index in [4.69, 9.17) is 12.3 Å². The van der Waals surface area contributed by atoms with Gasteiger partial charge in [-0.3, -0.25) is 4.18 Å². The fraction of sp³-hybridized carbons (Fsp3) is 0.571. The van der Waals surface area contributed by atoms with E-state index >= 15 is 0 Å². The molecule has 0 aliphatic carbocycles. The van der Waals surface area contributed by atoms with Crippen molar-refractivity contribution in [2.24, 2.45) is 5.84 Å². The summed E-state index contributed by atoms with van der Waals surface area (Å²) in [7, 11) is -8.35. The third kappa shape index (κ3) is 4.33. The van der Waals surface area contributed by atoms with Crippen LogP contribution in [0.15, 0.2) is 0 Å². The summed E-state index contributed by atoms with van der Waals surface area (Å²) in [6, 6.07) is 0. The van der Waals surface area contributed by atoms with Crippen LogP contribution in [0.1, 0.15) is 0 Å². The molecular weight excluding hydrogens is 304 g/mol. The predicted octanol–water partition coefficient (Wildman–Crippen LogP) is -2.08. The Morgan fingerprint density at radius 2 is 2.21 bits per heavy atom. The predicted molar refractivity (Wildman–Crippen MR) is 59.7 cm³/mol. The van der Waals surface area contributed by atoms with Crippen LogP contribution in [-0.4, -0.2) is 52.4 Å². The molecule has 0 saturated carbocycles. The highest BCUT2D eigenvalue weighted by Crippen LogP contribution is 2.13. The lowest BCUT2D eigenvalue weighted by Gasteiger charge is -2.16. The van der Waals surface area contributed by atoms with Crippen molar-refractivity contribution in [1.82, 2.24) is 4.41 Å². The summed E-state index contributed by atoms with van der Waals surface area (Å²) >= 11 is 0. The van der Waals surface area contributed by atoms with Crippen molar-refractivity contribution >= 4 is 26.5 Å². The van der Waals surface area contributed by atoms with Crippen molar-refractivity contribution in [3.8, 4) is 12.3 Å². The first-order valence-corrected chi connectivity index (χ1v) is 7.58.